The number of carbonyl (C=O) groups is 1. The Labute approximate surface area is 147 Å². The number of halogens is 1. The minimum absolute atomic E-state index is 0.122. The van der Waals surface area contributed by atoms with Crippen LogP contribution >= 0.6 is 22.9 Å². The standard InChI is InChI=1S/C12H17ClN6O4S/c1-3-23-10(20)8(2)18-6-15-12(16-19(21)22)17(7-18)5-9-4-14-11(13)24-9/h4,8H,3,5-7H2,1-2H3,(H,15,16)/t8-/m0/s1. The van der Waals surface area contributed by atoms with Crippen molar-refractivity contribution < 1.29 is 14.6 Å². The third-order valence-corrected chi connectivity index (χ3v) is 4.42. The molecule has 1 aliphatic heterocycles. The van der Waals surface area contributed by atoms with E-state index in [0.29, 0.717) is 17.6 Å². The van der Waals surface area contributed by atoms with Gasteiger partial charge in [0, 0.05) is 11.1 Å². The minimum atomic E-state index is -0.764. The van der Waals surface area contributed by atoms with E-state index in [-0.39, 0.29) is 25.3 Å². The minimum Gasteiger partial charge on any atom is -0.465 e. The summed E-state index contributed by atoms with van der Waals surface area (Å²) < 4.78 is 5.40. The molecule has 0 spiro atoms. The van der Waals surface area contributed by atoms with Gasteiger partial charge in [-0.2, -0.15) is 0 Å². The number of nitrogens with one attached hydrogen (secondary N) is 1. The van der Waals surface area contributed by atoms with Gasteiger partial charge in [0.25, 0.3) is 5.96 Å². The Morgan fingerprint density at radius 2 is 2.46 bits per heavy atom. The first kappa shape index (κ1) is 18.4. The molecule has 12 heteroatoms. The van der Waals surface area contributed by atoms with Crippen molar-refractivity contribution in [3.63, 3.8) is 0 Å². The van der Waals surface area contributed by atoms with Crippen molar-refractivity contribution in [3.8, 4) is 0 Å². The van der Waals surface area contributed by atoms with E-state index in [4.69, 9.17) is 16.3 Å². The highest BCUT2D eigenvalue weighted by molar-refractivity contribution is 7.15. The lowest BCUT2D eigenvalue weighted by atomic mass is 10.3. The molecule has 1 aromatic rings. The highest BCUT2D eigenvalue weighted by atomic mass is 35.5. The van der Waals surface area contributed by atoms with Crippen LogP contribution in [0.2, 0.25) is 4.47 Å². The smallest absolute Gasteiger partial charge is 0.323 e. The molecular formula is C12H17ClN6O4S. The molecule has 1 aliphatic rings. The Balaban J connectivity index is 2.13. The van der Waals surface area contributed by atoms with E-state index in [9.17, 15) is 14.9 Å². The van der Waals surface area contributed by atoms with Crippen LogP contribution in [-0.4, -0.2) is 57.7 Å². The van der Waals surface area contributed by atoms with Gasteiger partial charge in [0.05, 0.1) is 26.5 Å². The predicted octanol–water partition coefficient (Wildman–Crippen LogP) is 0.918. The summed E-state index contributed by atoms with van der Waals surface area (Å²) >= 11 is 7.09. The SMILES string of the molecule is CCOC(=O)[C@H](C)N1CN/C(=N\[N+](=O)[O-])N(Cc2cnc(Cl)s2)C1. The zero-order valence-electron chi connectivity index (χ0n) is 13.1. The molecule has 0 saturated carbocycles. The monoisotopic (exact) mass is 376 g/mol. The number of esters is 1. The van der Waals surface area contributed by atoms with Gasteiger partial charge in [-0.1, -0.05) is 11.6 Å². The predicted molar refractivity (Wildman–Crippen MR) is 87.9 cm³/mol. The highest BCUT2D eigenvalue weighted by Gasteiger charge is 2.31. The number of hydrogen-bond donors (Lipinski definition) is 1. The summed E-state index contributed by atoms with van der Waals surface area (Å²) in [6.45, 7) is 4.59. The first-order chi connectivity index (χ1) is 11.4. The van der Waals surface area contributed by atoms with E-state index in [1.54, 1.807) is 29.8 Å². The number of carbonyl (C=O) groups excluding carboxylic acids is 1. The summed E-state index contributed by atoms with van der Waals surface area (Å²) in [4.78, 5) is 30.8. The number of hydrogen-bond acceptors (Lipinski definition) is 7. The van der Waals surface area contributed by atoms with Gasteiger partial charge in [-0.05, 0) is 13.8 Å². The quantitative estimate of drug-likeness (QED) is 0.443. The number of rotatable bonds is 6. The van der Waals surface area contributed by atoms with Crippen molar-refractivity contribution in [2.45, 2.75) is 26.4 Å². The molecule has 10 nitrogen and oxygen atoms in total. The van der Waals surface area contributed by atoms with Gasteiger partial charge in [0.2, 0.25) is 0 Å². The summed E-state index contributed by atoms with van der Waals surface area (Å²) in [5.74, 6) is -0.230. The van der Waals surface area contributed by atoms with Crippen molar-refractivity contribution in [2.75, 3.05) is 19.9 Å². The maximum Gasteiger partial charge on any atom is 0.323 e. The molecule has 0 aromatic carbocycles. The molecule has 1 fully saturated rings. The van der Waals surface area contributed by atoms with Crippen LogP contribution in [0, 0.1) is 10.1 Å². The number of guanidine groups is 1. The molecule has 132 valence electrons. The van der Waals surface area contributed by atoms with Gasteiger partial charge >= 0.3 is 5.97 Å². The molecule has 2 heterocycles. The summed E-state index contributed by atoms with van der Waals surface area (Å²) in [5.41, 5.74) is 0. The van der Waals surface area contributed by atoms with Gasteiger partial charge in [-0.3, -0.25) is 9.69 Å². The van der Waals surface area contributed by atoms with Crippen LogP contribution in [-0.2, 0) is 16.1 Å². The number of thiazole rings is 1. The van der Waals surface area contributed by atoms with Crippen LogP contribution in [0.15, 0.2) is 11.3 Å². The molecule has 0 bridgehead atoms. The number of hydrazone groups is 1. The van der Waals surface area contributed by atoms with Gasteiger partial charge < -0.3 is 15.0 Å². The van der Waals surface area contributed by atoms with Gasteiger partial charge in [0.15, 0.2) is 9.50 Å². The van der Waals surface area contributed by atoms with E-state index >= 15 is 0 Å². The van der Waals surface area contributed by atoms with E-state index < -0.39 is 11.1 Å². The van der Waals surface area contributed by atoms with Crippen molar-refractivity contribution >= 4 is 34.9 Å². The summed E-state index contributed by atoms with van der Waals surface area (Å²) in [6, 6.07) is -0.498. The van der Waals surface area contributed by atoms with Crippen molar-refractivity contribution in [1.82, 2.24) is 20.1 Å². The number of aromatic nitrogens is 1. The Hall–Kier alpha value is -1.98. The zero-order valence-corrected chi connectivity index (χ0v) is 14.7. The topological polar surface area (TPSA) is 113 Å². The maximum atomic E-state index is 11.9. The molecule has 0 radical (unpaired) electrons. The van der Waals surface area contributed by atoms with Gasteiger partial charge in [-0.15, -0.1) is 11.3 Å². The number of ether oxygens (including phenoxy) is 1. The lowest BCUT2D eigenvalue weighted by Gasteiger charge is -2.38. The van der Waals surface area contributed by atoms with Crippen LogP contribution in [0.3, 0.4) is 0 Å². The fraction of sp³-hybridized carbons (Fsp3) is 0.583. The average Bonchev–Trinajstić information content (AvgIpc) is 2.93. The molecule has 24 heavy (non-hydrogen) atoms. The van der Waals surface area contributed by atoms with Crippen LogP contribution in [0.4, 0.5) is 0 Å². The molecule has 2 rings (SSSR count). The van der Waals surface area contributed by atoms with Gasteiger partial charge in [0.1, 0.15) is 11.1 Å². The summed E-state index contributed by atoms with van der Waals surface area (Å²) in [5, 5.41) is 16.2. The van der Waals surface area contributed by atoms with Gasteiger partial charge in [-0.25, -0.2) is 15.1 Å². The average molecular weight is 377 g/mol. The summed E-state index contributed by atoms with van der Waals surface area (Å²) in [7, 11) is 0. The molecule has 0 aliphatic carbocycles. The van der Waals surface area contributed by atoms with Crippen LogP contribution in [0.5, 0.6) is 0 Å². The van der Waals surface area contributed by atoms with Crippen LogP contribution in [0.25, 0.3) is 0 Å². The van der Waals surface area contributed by atoms with E-state index in [0.717, 1.165) is 4.88 Å². The molecule has 0 unspecified atom stereocenters. The van der Waals surface area contributed by atoms with E-state index in [2.05, 4.69) is 15.4 Å². The molecule has 1 N–H and O–H groups in total. The fourth-order valence-electron chi connectivity index (χ4n) is 2.14. The maximum absolute atomic E-state index is 11.9. The third kappa shape index (κ3) is 4.76. The fourth-order valence-corrected chi connectivity index (χ4v) is 3.13. The number of nitrogens with zero attached hydrogens (tertiary/aromatic N) is 5. The van der Waals surface area contributed by atoms with Crippen LogP contribution in [0.1, 0.15) is 18.7 Å². The van der Waals surface area contributed by atoms with Crippen molar-refractivity contribution in [1.29, 1.82) is 0 Å². The molecule has 1 saturated heterocycles. The van der Waals surface area contributed by atoms with E-state index in [1.807, 2.05) is 0 Å². The zero-order chi connectivity index (χ0) is 17.7. The van der Waals surface area contributed by atoms with Crippen LogP contribution < -0.4 is 5.32 Å². The number of nitro groups is 1. The third-order valence-electron chi connectivity index (χ3n) is 3.32. The Bertz CT molecular complexity index is 639. The second-order valence-electron chi connectivity index (χ2n) is 4.93. The molecule has 1 aromatic heterocycles. The van der Waals surface area contributed by atoms with Crippen molar-refractivity contribution in [2.24, 2.45) is 5.10 Å². The molecular weight excluding hydrogens is 360 g/mol. The molecule has 1 atom stereocenters. The second-order valence-corrected chi connectivity index (χ2v) is 6.63. The first-order valence-corrected chi connectivity index (χ1v) is 8.32. The lowest BCUT2D eigenvalue weighted by Crippen LogP contribution is -2.60. The van der Waals surface area contributed by atoms with E-state index in [1.165, 1.54) is 11.3 Å². The van der Waals surface area contributed by atoms with Crippen molar-refractivity contribution in [3.05, 3.63) is 25.7 Å². The lowest BCUT2D eigenvalue weighted by molar-refractivity contribution is -0.486. The largest absolute Gasteiger partial charge is 0.465 e. The normalized spacial score (nSPS) is 18.3. The Morgan fingerprint density at radius 1 is 1.71 bits per heavy atom. The highest BCUT2D eigenvalue weighted by Crippen LogP contribution is 2.20. The Morgan fingerprint density at radius 3 is 3.04 bits per heavy atom. The first-order valence-electron chi connectivity index (χ1n) is 7.13. The Kier molecular flexibility index (Phi) is 6.29. The molecule has 0 amide bonds. The second kappa shape index (κ2) is 8.22. The summed E-state index contributed by atoms with van der Waals surface area (Å²) in [6.07, 6.45) is 1.60.